The number of carboxylic acid groups (broad SMARTS) is 1. The van der Waals surface area contributed by atoms with Crippen LogP contribution in [0.3, 0.4) is 0 Å². The average Bonchev–Trinajstić information content (AvgIpc) is 2.27. The quantitative estimate of drug-likeness (QED) is 0.601. The van der Waals surface area contributed by atoms with Gasteiger partial charge in [-0.15, -0.1) is 0 Å². The molecule has 1 rings (SSSR count). The van der Waals surface area contributed by atoms with Crippen molar-refractivity contribution >= 4 is 23.3 Å². The van der Waals surface area contributed by atoms with Crippen LogP contribution in [0, 0.1) is 16.0 Å². The summed E-state index contributed by atoms with van der Waals surface area (Å²) in [4.78, 5) is 31.9. The molecule has 0 aliphatic carbocycles. The highest BCUT2D eigenvalue weighted by Crippen LogP contribution is 2.18. The Hall–Kier alpha value is -2.44. The number of carbonyl (C=O) groups is 2. The van der Waals surface area contributed by atoms with Gasteiger partial charge in [-0.1, -0.05) is 13.0 Å². The van der Waals surface area contributed by atoms with Gasteiger partial charge >= 0.3 is 0 Å². The van der Waals surface area contributed by atoms with Crippen LogP contribution in [0.2, 0.25) is 0 Å². The Morgan fingerprint density at radius 3 is 2.63 bits per heavy atom. The molecule has 0 unspecified atom stereocenters. The van der Waals surface area contributed by atoms with E-state index in [4.69, 9.17) is 0 Å². The predicted octanol–water partition coefficient (Wildman–Crippen LogP) is 0.699. The van der Waals surface area contributed by atoms with E-state index in [0.717, 1.165) is 0 Å². The molecule has 0 aromatic heterocycles. The van der Waals surface area contributed by atoms with Crippen LogP contribution in [-0.4, -0.2) is 16.8 Å². The second-order valence-corrected chi connectivity index (χ2v) is 4.24. The number of hydrogen-bond donors (Lipinski definition) is 1. The lowest BCUT2D eigenvalue weighted by atomic mass is 10.0. The normalized spacial score (nSPS) is 11.6. The average molecular weight is 265 g/mol. The number of carboxylic acids is 1. The molecule has 7 nitrogen and oxygen atoms in total. The van der Waals surface area contributed by atoms with Crippen LogP contribution in [0.4, 0.5) is 11.4 Å². The molecule has 7 heteroatoms. The van der Waals surface area contributed by atoms with Gasteiger partial charge in [0.2, 0.25) is 5.91 Å². The molecule has 1 aromatic rings. The SMILES string of the molecule is C[C@@H](CC(=O)[O-])CC(=O)Nc1cccc([N+](=O)[O-])c1. The number of non-ortho nitro benzene ring substituents is 1. The minimum Gasteiger partial charge on any atom is -0.550 e. The molecule has 1 aromatic carbocycles. The van der Waals surface area contributed by atoms with E-state index in [0.29, 0.717) is 5.69 Å². The number of carbonyl (C=O) groups excluding carboxylic acids is 2. The van der Waals surface area contributed by atoms with Gasteiger partial charge in [-0.05, 0) is 18.4 Å². The molecule has 0 heterocycles. The van der Waals surface area contributed by atoms with E-state index >= 15 is 0 Å². The fourth-order valence-corrected chi connectivity index (χ4v) is 1.58. The van der Waals surface area contributed by atoms with Gasteiger partial charge in [-0.2, -0.15) is 0 Å². The molecule has 1 N–H and O–H groups in total. The number of nitro benzene ring substituents is 1. The zero-order valence-corrected chi connectivity index (χ0v) is 10.3. The molecule has 1 atom stereocenters. The second-order valence-electron chi connectivity index (χ2n) is 4.24. The van der Waals surface area contributed by atoms with Gasteiger partial charge in [0.15, 0.2) is 0 Å². The van der Waals surface area contributed by atoms with Gasteiger partial charge < -0.3 is 15.2 Å². The van der Waals surface area contributed by atoms with Crippen LogP contribution in [0.25, 0.3) is 0 Å². The number of nitrogens with one attached hydrogen (secondary N) is 1. The molecule has 0 saturated carbocycles. The number of benzene rings is 1. The lowest BCUT2D eigenvalue weighted by Crippen LogP contribution is -2.26. The summed E-state index contributed by atoms with van der Waals surface area (Å²) < 4.78 is 0. The van der Waals surface area contributed by atoms with E-state index in [2.05, 4.69) is 5.32 Å². The lowest BCUT2D eigenvalue weighted by Gasteiger charge is -2.11. The van der Waals surface area contributed by atoms with Crippen molar-refractivity contribution in [1.82, 2.24) is 0 Å². The fraction of sp³-hybridized carbons (Fsp3) is 0.333. The summed E-state index contributed by atoms with van der Waals surface area (Å²) >= 11 is 0. The maximum atomic E-state index is 11.6. The van der Waals surface area contributed by atoms with Gasteiger partial charge in [0.25, 0.3) is 5.69 Å². The second kappa shape index (κ2) is 6.48. The van der Waals surface area contributed by atoms with E-state index in [-0.39, 0.29) is 24.4 Å². The highest BCUT2D eigenvalue weighted by atomic mass is 16.6. The number of nitro groups is 1. The van der Waals surface area contributed by atoms with Gasteiger partial charge in [0.05, 0.1) is 4.92 Å². The van der Waals surface area contributed by atoms with Crippen molar-refractivity contribution in [3.8, 4) is 0 Å². The van der Waals surface area contributed by atoms with Gasteiger partial charge in [-0.3, -0.25) is 14.9 Å². The summed E-state index contributed by atoms with van der Waals surface area (Å²) in [5.74, 6) is -1.96. The van der Waals surface area contributed by atoms with Gasteiger partial charge in [-0.25, -0.2) is 0 Å². The van der Waals surface area contributed by atoms with E-state index < -0.39 is 16.8 Å². The Morgan fingerprint density at radius 2 is 2.05 bits per heavy atom. The maximum absolute atomic E-state index is 11.6. The third kappa shape index (κ3) is 5.15. The van der Waals surface area contributed by atoms with E-state index in [1.807, 2.05) is 0 Å². The molecule has 0 aliphatic rings. The summed E-state index contributed by atoms with van der Waals surface area (Å²) in [6.07, 6.45) is -0.195. The molecule has 0 radical (unpaired) electrons. The molecule has 19 heavy (non-hydrogen) atoms. The standard InChI is InChI=1S/C12H14N2O5/c1-8(6-12(16)17)5-11(15)13-9-3-2-4-10(7-9)14(18)19/h2-4,7-8H,5-6H2,1H3,(H,13,15)(H,16,17)/p-1/t8-/m1/s1. The zero-order valence-electron chi connectivity index (χ0n) is 10.3. The van der Waals surface area contributed by atoms with Crippen molar-refractivity contribution < 1.29 is 19.6 Å². The third-order valence-corrected chi connectivity index (χ3v) is 2.39. The van der Waals surface area contributed by atoms with Crippen LogP contribution in [0.15, 0.2) is 24.3 Å². The fourth-order valence-electron chi connectivity index (χ4n) is 1.58. The Balaban J connectivity index is 2.59. The van der Waals surface area contributed by atoms with Crippen LogP contribution in [-0.2, 0) is 9.59 Å². The Labute approximate surface area is 109 Å². The smallest absolute Gasteiger partial charge is 0.271 e. The minimum atomic E-state index is -1.21. The van der Waals surface area contributed by atoms with Crippen molar-refractivity contribution in [3.63, 3.8) is 0 Å². The Morgan fingerprint density at radius 1 is 1.37 bits per heavy atom. The van der Waals surface area contributed by atoms with Crippen molar-refractivity contribution in [2.24, 2.45) is 5.92 Å². The summed E-state index contributed by atoms with van der Waals surface area (Å²) in [7, 11) is 0. The molecule has 0 bridgehead atoms. The number of nitrogens with zero attached hydrogens (tertiary/aromatic N) is 1. The number of anilines is 1. The first-order chi connectivity index (χ1) is 8.88. The molecule has 102 valence electrons. The van der Waals surface area contributed by atoms with Crippen LogP contribution < -0.4 is 10.4 Å². The zero-order chi connectivity index (χ0) is 14.4. The number of amides is 1. The molecule has 1 amide bonds. The summed E-state index contributed by atoms with van der Waals surface area (Å²) in [6, 6.07) is 5.53. The van der Waals surface area contributed by atoms with Crippen LogP contribution >= 0.6 is 0 Å². The van der Waals surface area contributed by atoms with Crippen LogP contribution in [0.5, 0.6) is 0 Å². The molecular formula is C12H13N2O5-. The highest BCUT2D eigenvalue weighted by molar-refractivity contribution is 5.91. The van der Waals surface area contributed by atoms with Crippen molar-refractivity contribution in [2.45, 2.75) is 19.8 Å². The number of hydrogen-bond acceptors (Lipinski definition) is 5. The van der Waals surface area contributed by atoms with Crippen molar-refractivity contribution in [1.29, 1.82) is 0 Å². The number of rotatable bonds is 6. The van der Waals surface area contributed by atoms with Gasteiger partial charge in [0.1, 0.15) is 0 Å². The predicted molar refractivity (Wildman–Crippen MR) is 65.1 cm³/mol. The molecule has 0 spiro atoms. The van der Waals surface area contributed by atoms with Crippen molar-refractivity contribution in [2.75, 3.05) is 5.32 Å². The summed E-state index contributed by atoms with van der Waals surface area (Å²) in [5.41, 5.74) is 0.181. The first-order valence-corrected chi connectivity index (χ1v) is 5.62. The first kappa shape index (κ1) is 14.6. The van der Waals surface area contributed by atoms with E-state index in [1.54, 1.807) is 6.92 Å². The third-order valence-electron chi connectivity index (χ3n) is 2.39. The van der Waals surface area contributed by atoms with E-state index in [9.17, 15) is 24.8 Å². The monoisotopic (exact) mass is 265 g/mol. The topological polar surface area (TPSA) is 112 Å². The highest BCUT2D eigenvalue weighted by Gasteiger charge is 2.11. The lowest BCUT2D eigenvalue weighted by molar-refractivity contribution is -0.384. The Bertz CT molecular complexity index is 501. The molecular weight excluding hydrogens is 252 g/mol. The summed E-state index contributed by atoms with van der Waals surface area (Å²) in [5, 5.41) is 23.4. The molecule has 0 fully saturated rings. The van der Waals surface area contributed by atoms with Crippen LogP contribution in [0.1, 0.15) is 19.8 Å². The maximum Gasteiger partial charge on any atom is 0.271 e. The molecule has 0 aliphatic heterocycles. The van der Waals surface area contributed by atoms with E-state index in [1.165, 1.54) is 24.3 Å². The number of aliphatic carboxylic acids is 1. The van der Waals surface area contributed by atoms with Crippen molar-refractivity contribution in [3.05, 3.63) is 34.4 Å². The first-order valence-electron chi connectivity index (χ1n) is 5.62. The molecule has 0 saturated heterocycles. The Kier molecular flexibility index (Phi) is 4.99. The van der Waals surface area contributed by atoms with Gasteiger partial charge in [0, 0.05) is 30.2 Å². The summed E-state index contributed by atoms with van der Waals surface area (Å²) in [6.45, 7) is 1.61. The minimum absolute atomic E-state index is 0.0106. The largest absolute Gasteiger partial charge is 0.550 e.